The van der Waals surface area contributed by atoms with Gasteiger partial charge in [-0.2, -0.15) is 0 Å². The maximum atomic E-state index is 12.0. The van der Waals surface area contributed by atoms with Crippen molar-refractivity contribution in [2.24, 2.45) is 0 Å². The van der Waals surface area contributed by atoms with Crippen LogP contribution in [-0.4, -0.2) is 108 Å². The van der Waals surface area contributed by atoms with Crippen molar-refractivity contribution in [2.75, 3.05) is 58.9 Å². The zero-order chi connectivity index (χ0) is 18.1. The number of carbonyl (C=O) groups is 3. The number of amides is 1. The average molecular weight is 344 g/mol. The molecule has 0 saturated carbocycles. The Morgan fingerprint density at radius 2 is 1.12 bits per heavy atom. The molecule has 1 saturated heterocycles. The van der Waals surface area contributed by atoms with Crippen LogP contribution in [0.4, 0.5) is 0 Å². The fourth-order valence-electron chi connectivity index (χ4n) is 2.61. The van der Waals surface area contributed by atoms with E-state index in [1.54, 1.807) is 9.80 Å². The van der Waals surface area contributed by atoms with Gasteiger partial charge < -0.3 is 15.5 Å². The van der Waals surface area contributed by atoms with Gasteiger partial charge in [0.05, 0.1) is 19.6 Å². The number of aliphatic carboxylic acids is 2. The summed E-state index contributed by atoms with van der Waals surface area (Å²) in [6, 6.07) is 0.0575. The molecule has 0 aromatic rings. The van der Waals surface area contributed by atoms with E-state index in [2.05, 4.69) is 5.32 Å². The van der Waals surface area contributed by atoms with Crippen LogP contribution < -0.4 is 5.32 Å². The van der Waals surface area contributed by atoms with E-state index in [9.17, 15) is 14.4 Å². The molecule has 0 spiro atoms. The summed E-state index contributed by atoms with van der Waals surface area (Å²) >= 11 is 0. The number of carboxylic acids is 2. The Kier molecular flexibility index (Phi) is 8.66. The Bertz CT molecular complexity index is 416. The Balaban J connectivity index is 2.69. The molecule has 3 N–H and O–H groups in total. The van der Waals surface area contributed by atoms with Crippen LogP contribution in [0.3, 0.4) is 0 Å². The number of rotatable bonds is 7. The van der Waals surface area contributed by atoms with Crippen LogP contribution in [0.5, 0.6) is 0 Å². The summed E-state index contributed by atoms with van der Waals surface area (Å²) in [6.45, 7) is 7.00. The fraction of sp³-hybridized carbons (Fsp3) is 0.800. The molecule has 1 aliphatic rings. The lowest BCUT2D eigenvalue weighted by Gasteiger charge is -2.25. The minimum atomic E-state index is -0.914. The lowest BCUT2D eigenvalue weighted by Crippen LogP contribution is -2.44. The molecule has 1 fully saturated rings. The topological polar surface area (TPSA) is 113 Å². The predicted molar refractivity (Wildman–Crippen MR) is 87.9 cm³/mol. The normalized spacial score (nSPS) is 18.6. The predicted octanol–water partition coefficient (Wildman–Crippen LogP) is -1.40. The molecule has 1 aliphatic heterocycles. The van der Waals surface area contributed by atoms with E-state index in [0.29, 0.717) is 39.3 Å². The van der Waals surface area contributed by atoms with Crippen LogP contribution in [0, 0.1) is 0 Å². The van der Waals surface area contributed by atoms with Crippen molar-refractivity contribution in [3.63, 3.8) is 0 Å². The van der Waals surface area contributed by atoms with Gasteiger partial charge in [0.1, 0.15) is 0 Å². The molecule has 138 valence electrons. The third-order valence-corrected chi connectivity index (χ3v) is 3.73. The van der Waals surface area contributed by atoms with Gasteiger partial charge >= 0.3 is 11.9 Å². The molecule has 0 bridgehead atoms. The van der Waals surface area contributed by atoms with Crippen molar-refractivity contribution in [1.29, 1.82) is 0 Å². The number of hydrogen-bond acceptors (Lipinski definition) is 6. The summed E-state index contributed by atoms with van der Waals surface area (Å²) in [5, 5.41) is 20.8. The van der Waals surface area contributed by atoms with Gasteiger partial charge in [0.15, 0.2) is 0 Å². The van der Waals surface area contributed by atoms with Crippen molar-refractivity contribution in [3.05, 3.63) is 0 Å². The molecule has 1 heterocycles. The van der Waals surface area contributed by atoms with E-state index in [-0.39, 0.29) is 31.6 Å². The number of carbonyl (C=O) groups excluding carboxylic acids is 1. The van der Waals surface area contributed by atoms with Gasteiger partial charge in [-0.25, -0.2) is 0 Å². The van der Waals surface area contributed by atoms with Gasteiger partial charge in [0, 0.05) is 45.3 Å². The monoisotopic (exact) mass is 344 g/mol. The molecule has 9 heteroatoms. The molecule has 1 rings (SSSR count). The second-order valence-electron chi connectivity index (χ2n) is 6.34. The van der Waals surface area contributed by atoms with Gasteiger partial charge in [0.25, 0.3) is 0 Å². The molecule has 0 unspecified atom stereocenters. The molecule has 1 amide bonds. The largest absolute Gasteiger partial charge is 0.480 e. The van der Waals surface area contributed by atoms with Crippen LogP contribution in [0.1, 0.15) is 13.8 Å². The SMILES string of the molecule is CC(C)NC(=O)CN1CCN(CC(=O)O)CCN(CC(=O)O)CC1. The van der Waals surface area contributed by atoms with E-state index < -0.39 is 11.9 Å². The molecule has 0 aliphatic carbocycles. The maximum absolute atomic E-state index is 12.0. The van der Waals surface area contributed by atoms with Gasteiger partial charge in [-0.15, -0.1) is 0 Å². The van der Waals surface area contributed by atoms with Crippen molar-refractivity contribution in [2.45, 2.75) is 19.9 Å². The van der Waals surface area contributed by atoms with Crippen molar-refractivity contribution in [1.82, 2.24) is 20.0 Å². The Labute approximate surface area is 142 Å². The van der Waals surface area contributed by atoms with Crippen LogP contribution in [0.2, 0.25) is 0 Å². The lowest BCUT2D eigenvalue weighted by molar-refractivity contribution is -0.140. The second kappa shape index (κ2) is 10.2. The summed E-state index contributed by atoms with van der Waals surface area (Å²) in [7, 11) is 0. The van der Waals surface area contributed by atoms with E-state index >= 15 is 0 Å². The lowest BCUT2D eigenvalue weighted by atomic mass is 10.3. The Morgan fingerprint density at radius 3 is 1.42 bits per heavy atom. The standard InChI is InChI=1S/C15H28N4O5/c1-12(2)16-13(20)9-17-3-5-18(10-14(21)22)7-8-19(6-4-17)11-15(23)24/h12H,3-11H2,1-2H3,(H,16,20)(H,21,22)(H,23,24). The first-order chi connectivity index (χ1) is 11.3. The minimum absolute atomic E-state index is 0.0575. The van der Waals surface area contributed by atoms with E-state index in [4.69, 9.17) is 10.2 Å². The summed E-state index contributed by atoms with van der Waals surface area (Å²) in [6.07, 6.45) is 0. The van der Waals surface area contributed by atoms with Gasteiger partial charge in [0.2, 0.25) is 5.91 Å². The zero-order valence-corrected chi connectivity index (χ0v) is 14.4. The zero-order valence-electron chi connectivity index (χ0n) is 14.4. The molecule has 0 aromatic heterocycles. The number of nitrogens with one attached hydrogen (secondary N) is 1. The highest BCUT2D eigenvalue weighted by Crippen LogP contribution is 2.01. The van der Waals surface area contributed by atoms with Gasteiger partial charge in [-0.3, -0.25) is 29.1 Å². The Morgan fingerprint density at radius 1 is 0.792 bits per heavy atom. The van der Waals surface area contributed by atoms with Gasteiger partial charge in [-0.05, 0) is 13.8 Å². The molecule has 0 aromatic carbocycles. The molecular formula is C15H28N4O5. The number of hydrogen-bond donors (Lipinski definition) is 3. The van der Waals surface area contributed by atoms with Crippen LogP contribution >= 0.6 is 0 Å². The highest BCUT2D eigenvalue weighted by atomic mass is 16.4. The smallest absolute Gasteiger partial charge is 0.317 e. The number of carboxylic acid groups (broad SMARTS) is 2. The molecule has 24 heavy (non-hydrogen) atoms. The van der Waals surface area contributed by atoms with Gasteiger partial charge in [-0.1, -0.05) is 0 Å². The van der Waals surface area contributed by atoms with Crippen LogP contribution in [0.25, 0.3) is 0 Å². The molecule has 0 atom stereocenters. The van der Waals surface area contributed by atoms with Crippen molar-refractivity contribution < 1.29 is 24.6 Å². The van der Waals surface area contributed by atoms with Crippen molar-refractivity contribution in [3.8, 4) is 0 Å². The first-order valence-corrected chi connectivity index (χ1v) is 8.16. The van der Waals surface area contributed by atoms with E-state index in [0.717, 1.165) is 0 Å². The quantitative estimate of drug-likeness (QED) is 0.517. The summed E-state index contributed by atoms with van der Waals surface area (Å²) in [4.78, 5) is 39.4. The summed E-state index contributed by atoms with van der Waals surface area (Å²) < 4.78 is 0. The third-order valence-electron chi connectivity index (χ3n) is 3.73. The van der Waals surface area contributed by atoms with Crippen molar-refractivity contribution >= 4 is 17.8 Å². The number of nitrogens with zero attached hydrogens (tertiary/aromatic N) is 3. The van der Waals surface area contributed by atoms with E-state index in [1.165, 1.54) is 0 Å². The third kappa shape index (κ3) is 8.80. The molecular weight excluding hydrogens is 316 g/mol. The highest BCUT2D eigenvalue weighted by molar-refractivity contribution is 5.78. The summed E-state index contributed by atoms with van der Waals surface area (Å²) in [5.74, 6) is -1.91. The maximum Gasteiger partial charge on any atom is 0.317 e. The second-order valence-corrected chi connectivity index (χ2v) is 6.34. The van der Waals surface area contributed by atoms with E-state index in [1.807, 2.05) is 18.7 Å². The molecule has 0 radical (unpaired) electrons. The first-order valence-electron chi connectivity index (χ1n) is 8.16. The minimum Gasteiger partial charge on any atom is -0.480 e. The first kappa shape index (κ1) is 20.3. The average Bonchev–Trinajstić information content (AvgIpc) is 2.51. The molecule has 9 nitrogen and oxygen atoms in total. The summed E-state index contributed by atoms with van der Waals surface area (Å²) in [5.41, 5.74) is 0. The fourth-order valence-corrected chi connectivity index (χ4v) is 2.61. The van der Waals surface area contributed by atoms with Crippen LogP contribution in [0.15, 0.2) is 0 Å². The van der Waals surface area contributed by atoms with Crippen LogP contribution in [-0.2, 0) is 14.4 Å². The highest BCUT2D eigenvalue weighted by Gasteiger charge is 2.20. The Hall–Kier alpha value is -1.71.